The summed E-state index contributed by atoms with van der Waals surface area (Å²) in [6.07, 6.45) is 0.128. The predicted octanol–water partition coefficient (Wildman–Crippen LogP) is 1.91. The molecule has 0 atom stereocenters. The van der Waals surface area contributed by atoms with E-state index in [2.05, 4.69) is 4.98 Å². The van der Waals surface area contributed by atoms with E-state index in [4.69, 9.17) is 10.00 Å². The summed E-state index contributed by atoms with van der Waals surface area (Å²) in [5.74, 6) is 0.695. The molecular weight excluding hydrogens is 216 g/mol. The van der Waals surface area contributed by atoms with Crippen molar-refractivity contribution in [1.82, 2.24) is 4.98 Å². The second-order valence-electron chi connectivity index (χ2n) is 3.80. The number of aromatic amines is 1. The molecule has 0 bridgehead atoms. The summed E-state index contributed by atoms with van der Waals surface area (Å²) in [6.45, 7) is 1.80. The van der Waals surface area contributed by atoms with Crippen LogP contribution >= 0.6 is 0 Å². The minimum Gasteiger partial charge on any atom is -0.497 e. The van der Waals surface area contributed by atoms with Gasteiger partial charge in [-0.15, -0.1) is 0 Å². The van der Waals surface area contributed by atoms with E-state index in [0.29, 0.717) is 16.7 Å². The Balaban J connectivity index is 2.77. The van der Waals surface area contributed by atoms with Gasteiger partial charge in [0, 0.05) is 22.7 Å². The van der Waals surface area contributed by atoms with E-state index in [1.807, 2.05) is 6.07 Å². The lowest BCUT2D eigenvalue weighted by molar-refractivity contribution is 0.415. The molecule has 0 aliphatic heterocycles. The molecule has 1 heterocycles. The Morgan fingerprint density at radius 3 is 2.88 bits per heavy atom. The number of hydrogen-bond acceptors (Lipinski definition) is 3. The van der Waals surface area contributed by atoms with Gasteiger partial charge in [0.15, 0.2) is 5.43 Å². The second kappa shape index (κ2) is 4.30. The standard InChI is InChI=1S/C13H12N2O2/c1-8-10(5-6-14)13(16)11-4-3-9(17-2)7-12(11)15-8/h3-4,7H,5H2,1-2H3,(H,15,16). The molecule has 1 N–H and O–H groups in total. The molecule has 4 heteroatoms. The van der Waals surface area contributed by atoms with Crippen molar-refractivity contribution in [3.8, 4) is 11.8 Å². The van der Waals surface area contributed by atoms with Crippen molar-refractivity contribution in [3.05, 3.63) is 39.7 Å². The molecule has 0 aliphatic carbocycles. The zero-order chi connectivity index (χ0) is 12.4. The third-order valence-corrected chi connectivity index (χ3v) is 2.78. The van der Waals surface area contributed by atoms with Gasteiger partial charge in [-0.05, 0) is 19.1 Å². The lowest BCUT2D eigenvalue weighted by Crippen LogP contribution is -2.12. The number of pyridine rings is 1. The lowest BCUT2D eigenvalue weighted by atomic mass is 10.1. The number of H-pyrrole nitrogens is 1. The van der Waals surface area contributed by atoms with Gasteiger partial charge in [0.05, 0.1) is 25.1 Å². The Morgan fingerprint density at radius 2 is 2.24 bits per heavy atom. The number of rotatable bonds is 2. The van der Waals surface area contributed by atoms with Crippen LogP contribution < -0.4 is 10.2 Å². The summed E-state index contributed by atoms with van der Waals surface area (Å²) >= 11 is 0. The number of aromatic nitrogens is 1. The van der Waals surface area contributed by atoms with E-state index >= 15 is 0 Å². The first-order chi connectivity index (χ1) is 8.17. The third kappa shape index (κ3) is 1.87. The zero-order valence-corrected chi connectivity index (χ0v) is 9.70. The average molecular weight is 228 g/mol. The van der Waals surface area contributed by atoms with Crippen LogP contribution in [-0.2, 0) is 6.42 Å². The van der Waals surface area contributed by atoms with Crippen molar-refractivity contribution < 1.29 is 4.74 Å². The van der Waals surface area contributed by atoms with Gasteiger partial charge < -0.3 is 9.72 Å². The second-order valence-corrected chi connectivity index (χ2v) is 3.80. The molecular formula is C13H12N2O2. The highest BCUT2D eigenvalue weighted by molar-refractivity contribution is 5.81. The average Bonchev–Trinajstić information content (AvgIpc) is 2.33. The van der Waals surface area contributed by atoms with Crippen LogP contribution in [0, 0.1) is 18.3 Å². The van der Waals surface area contributed by atoms with Crippen molar-refractivity contribution in [2.24, 2.45) is 0 Å². The van der Waals surface area contributed by atoms with Gasteiger partial charge in [0.2, 0.25) is 0 Å². The van der Waals surface area contributed by atoms with Crippen molar-refractivity contribution in [1.29, 1.82) is 5.26 Å². The fourth-order valence-corrected chi connectivity index (χ4v) is 1.85. The summed E-state index contributed by atoms with van der Waals surface area (Å²) in [7, 11) is 1.58. The Morgan fingerprint density at radius 1 is 1.47 bits per heavy atom. The van der Waals surface area contributed by atoms with Gasteiger partial charge in [0.25, 0.3) is 0 Å². The third-order valence-electron chi connectivity index (χ3n) is 2.78. The Labute approximate surface area is 98.5 Å². The maximum atomic E-state index is 12.1. The lowest BCUT2D eigenvalue weighted by Gasteiger charge is -2.06. The molecule has 0 saturated carbocycles. The SMILES string of the molecule is COc1ccc2c(=O)c(CC#N)c(C)[nH]c2c1. The van der Waals surface area contributed by atoms with Crippen molar-refractivity contribution in [3.63, 3.8) is 0 Å². The molecule has 86 valence electrons. The van der Waals surface area contributed by atoms with Gasteiger partial charge in [-0.25, -0.2) is 0 Å². The molecule has 0 fully saturated rings. The van der Waals surface area contributed by atoms with Crippen LogP contribution in [-0.4, -0.2) is 12.1 Å². The predicted molar refractivity (Wildman–Crippen MR) is 65.2 cm³/mol. The van der Waals surface area contributed by atoms with Crippen molar-refractivity contribution >= 4 is 10.9 Å². The summed E-state index contributed by atoms with van der Waals surface area (Å²) < 4.78 is 5.11. The van der Waals surface area contributed by atoms with Crippen molar-refractivity contribution in [2.45, 2.75) is 13.3 Å². The number of methoxy groups -OCH3 is 1. The molecule has 0 spiro atoms. The van der Waals surface area contributed by atoms with E-state index in [-0.39, 0.29) is 11.8 Å². The minimum absolute atomic E-state index is 0.0829. The van der Waals surface area contributed by atoms with Crippen LogP contribution in [0.15, 0.2) is 23.0 Å². The molecule has 0 aliphatic rings. The van der Waals surface area contributed by atoms with Crippen LogP contribution in [0.5, 0.6) is 5.75 Å². The number of hydrogen-bond donors (Lipinski definition) is 1. The smallest absolute Gasteiger partial charge is 0.193 e. The maximum absolute atomic E-state index is 12.1. The van der Waals surface area contributed by atoms with Crippen LogP contribution in [0.3, 0.4) is 0 Å². The topological polar surface area (TPSA) is 65.9 Å². The van der Waals surface area contributed by atoms with E-state index in [9.17, 15) is 4.79 Å². The molecule has 4 nitrogen and oxygen atoms in total. The number of fused-ring (bicyclic) bond motifs is 1. The van der Waals surface area contributed by atoms with E-state index in [0.717, 1.165) is 11.2 Å². The summed E-state index contributed by atoms with van der Waals surface area (Å²) in [5.41, 5.74) is 1.91. The number of benzene rings is 1. The van der Waals surface area contributed by atoms with Gasteiger partial charge in [-0.3, -0.25) is 4.79 Å². The van der Waals surface area contributed by atoms with Gasteiger partial charge in [-0.2, -0.15) is 5.26 Å². The van der Waals surface area contributed by atoms with Crippen LogP contribution in [0.1, 0.15) is 11.3 Å². The Hall–Kier alpha value is -2.28. The quantitative estimate of drug-likeness (QED) is 0.853. The first-order valence-electron chi connectivity index (χ1n) is 5.24. The van der Waals surface area contributed by atoms with E-state index < -0.39 is 0 Å². The molecule has 1 aromatic heterocycles. The Kier molecular flexibility index (Phi) is 2.84. The number of ether oxygens (including phenoxy) is 1. The largest absolute Gasteiger partial charge is 0.497 e. The molecule has 17 heavy (non-hydrogen) atoms. The number of aryl methyl sites for hydroxylation is 1. The maximum Gasteiger partial charge on any atom is 0.193 e. The van der Waals surface area contributed by atoms with Gasteiger partial charge in [-0.1, -0.05) is 0 Å². The van der Waals surface area contributed by atoms with Crippen LogP contribution in [0.2, 0.25) is 0 Å². The van der Waals surface area contributed by atoms with E-state index in [1.165, 1.54) is 0 Å². The monoisotopic (exact) mass is 228 g/mol. The molecule has 2 aromatic rings. The summed E-state index contributed by atoms with van der Waals surface area (Å²) in [6, 6.07) is 7.24. The number of nitrogens with zero attached hydrogens (tertiary/aromatic N) is 1. The molecule has 0 amide bonds. The van der Waals surface area contributed by atoms with E-state index in [1.54, 1.807) is 32.2 Å². The van der Waals surface area contributed by atoms with Crippen molar-refractivity contribution in [2.75, 3.05) is 7.11 Å². The number of nitrogens with one attached hydrogen (secondary N) is 1. The molecule has 1 aromatic carbocycles. The molecule has 0 radical (unpaired) electrons. The zero-order valence-electron chi connectivity index (χ0n) is 9.70. The highest BCUT2D eigenvalue weighted by Crippen LogP contribution is 2.18. The number of nitriles is 1. The first kappa shape index (κ1) is 11.2. The molecule has 0 unspecified atom stereocenters. The highest BCUT2D eigenvalue weighted by Gasteiger charge is 2.09. The fourth-order valence-electron chi connectivity index (χ4n) is 1.85. The minimum atomic E-state index is -0.0829. The molecule has 2 rings (SSSR count). The summed E-state index contributed by atoms with van der Waals surface area (Å²) in [5, 5.41) is 9.28. The van der Waals surface area contributed by atoms with Gasteiger partial charge >= 0.3 is 0 Å². The van der Waals surface area contributed by atoms with Crippen LogP contribution in [0.25, 0.3) is 10.9 Å². The van der Waals surface area contributed by atoms with Gasteiger partial charge in [0.1, 0.15) is 5.75 Å². The first-order valence-corrected chi connectivity index (χ1v) is 5.24. The normalized spacial score (nSPS) is 10.2. The fraction of sp³-hybridized carbons (Fsp3) is 0.231. The van der Waals surface area contributed by atoms with Crippen LogP contribution in [0.4, 0.5) is 0 Å². The summed E-state index contributed by atoms with van der Waals surface area (Å²) in [4.78, 5) is 15.3. The Bertz CT molecular complexity index is 665. The highest BCUT2D eigenvalue weighted by atomic mass is 16.5. The molecule has 0 saturated heterocycles.